The number of aromatic nitrogens is 1. The monoisotopic (exact) mass is 238 g/mol. The van der Waals surface area contributed by atoms with Crippen LogP contribution in [0.25, 0.3) is 0 Å². The maximum Gasteiger partial charge on any atom is 0.356 e. The molecule has 0 spiro atoms. The van der Waals surface area contributed by atoms with Gasteiger partial charge in [0, 0.05) is 13.2 Å². The van der Waals surface area contributed by atoms with Crippen molar-refractivity contribution in [1.29, 1.82) is 0 Å². The highest BCUT2D eigenvalue weighted by molar-refractivity contribution is 5.87. The Labute approximate surface area is 98.6 Å². The number of ether oxygens (including phenoxy) is 2. The van der Waals surface area contributed by atoms with E-state index < -0.39 is 5.97 Å². The van der Waals surface area contributed by atoms with E-state index in [0.717, 1.165) is 13.0 Å². The molecule has 1 aliphatic rings. The lowest BCUT2D eigenvalue weighted by Crippen LogP contribution is -2.33. The van der Waals surface area contributed by atoms with Gasteiger partial charge < -0.3 is 19.9 Å². The molecular weight excluding hydrogens is 224 g/mol. The van der Waals surface area contributed by atoms with Gasteiger partial charge in [0.05, 0.1) is 13.2 Å². The van der Waals surface area contributed by atoms with Crippen molar-refractivity contribution >= 4 is 11.8 Å². The van der Waals surface area contributed by atoms with Gasteiger partial charge in [-0.3, -0.25) is 0 Å². The second-order valence-electron chi connectivity index (χ2n) is 3.72. The molecule has 1 fully saturated rings. The maximum atomic E-state index is 11.3. The van der Waals surface area contributed by atoms with Crippen LogP contribution >= 0.6 is 0 Å². The topological polar surface area (TPSA) is 80.7 Å². The number of pyridine rings is 1. The van der Waals surface area contributed by atoms with Crippen LogP contribution in [0.15, 0.2) is 12.1 Å². The summed E-state index contributed by atoms with van der Waals surface area (Å²) in [6.07, 6.45) is 1.14. The van der Waals surface area contributed by atoms with Crippen molar-refractivity contribution in [1.82, 2.24) is 4.98 Å². The third kappa shape index (κ3) is 2.65. The number of methoxy groups -OCH3 is 1. The standard InChI is InChI=1S/C11H14N2O4/c1-16-11(15)8-2-3-9(14)10(13-8)12-6-7-4-5-17-7/h2-3,7,14H,4-6H2,1H3,(H,12,13)/t7-/m0/s1. The first kappa shape index (κ1) is 11.7. The summed E-state index contributed by atoms with van der Waals surface area (Å²) in [6.45, 7) is 1.33. The van der Waals surface area contributed by atoms with Crippen LogP contribution in [0, 0.1) is 0 Å². The van der Waals surface area contributed by atoms with E-state index >= 15 is 0 Å². The molecule has 6 nitrogen and oxygen atoms in total. The van der Waals surface area contributed by atoms with Gasteiger partial charge in [0.15, 0.2) is 17.3 Å². The number of hydrogen-bond donors (Lipinski definition) is 2. The summed E-state index contributed by atoms with van der Waals surface area (Å²) in [4.78, 5) is 15.2. The van der Waals surface area contributed by atoms with E-state index in [1.54, 1.807) is 0 Å². The van der Waals surface area contributed by atoms with Crippen LogP contribution in [0.5, 0.6) is 5.75 Å². The van der Waals surface area contributed by atoms with Crippen molar-refractivity contribution in [3.63, 3.8) is 0 Å². The van der Waals surface area contributed by atoms with E-state index in [0.29, 0.717) is 6.54 Å². The summed E-state index contributed by atoms with van der Waals surface area (Å²) >= 11 is 0. The Kier molecular flexibility index (Phi) is 3.43. The van der Waals surface area contributed by atoms with Crippen LogP contribution in [0.1, 0.15) is 16.9 Å². The van der Waals surface area contributed by atoms with Crippen molar-refractivity contribution in [3.05, 3.63) is 17.8 Å². The molecule has 0 saturated carbocycles. The van der Waals surface area contributed by atoms with Gasteiger partial charge in [0.25, 0.3) is 0 Å². The van der Waals surface area contributed by atoms with Gasteiger partial charge in [-0.15, -0.1) is 0 Å². The maximum absolute atomic E-state index is 11.3. The molecule has 1 saturated heterocycles. The first-order valence-corrected chi connectivity index (χ1v) is 5.34. The molecule has 6 heteroatoms. The SMILES string of the molecule is COC(=O)c1ccc(O)c(NC[C@@H]2CCO2)n1. The quantitative estimate of drug-likeness (QED) is 0.754. The van der Waals surface area contributed by atoms with Crippen molar-refractivity contribution in [2.45, 2.75) is 12.5 Å². The molecule has 0 bridgehead atoms. The van der Waals surface area contributed by atoms with Crippen LogP contribution < -0.4 is 5.32 Å². The summed E-state index contributed by atoms with van der Waals surface area (Å²) in [6, 6.07) is 2.81. The molecular formula is C11H14N2O4. The van der Waals surface area contributed by atoms with Crippen LogP contribution in [0.4, 0.5) is 5.82 Å². The van der Waals surface area contributed by atoms with Gasteiger partial charge in [0.2, 0.25) is 0 Å². The Bertz CT molecular complexity index is 418. The molecule has 0 aliphatic carbocycles. The summed E-state index contributed by atoms with van der Waals surface area (Å²) in [7, 11) is 1.28. The molecule has 0 aromatic carbocycles. The predicted octanol–water partition coefficient (Wildman–Crippen LogP) is 0.775. The van der Waals surface area contributed by atoms with Crippen molar-refractivity contribution in [2.75, 3.05) is 25.6 Å². The van der Waals surface area contributed by atoms with Gasteiger partial charge in [-0.1, -0.05) is 0 Å². The van der Waals surface area contributed by atoms with Crippen molar-refractivity contribution < 1.29 is 19.4 Å². The molecule has 0 unspecified atom stereocenters. The van der Waals surface area contributed by atoms with E-state index in [2.05, 4.69) is 15.0 Å². The largest absolute Gasteiger partial charge is 0.504 e. The number of aromatic hydroxyl groups is 1. The van der Waals surface area contributed by atoms with E-state index in [-0.39, 0.29) is 23.4 Å². The van der Waals surface area contributed by atoms with Crippen molar-refractivity contribution in [3.8, 4) is 5.75 Å². The number of esters is 1. The molecule has 1 atom stereocenters. The van der Waals surface area contributed by atoms with Crippen molar-refractivity contribution in [2.24, 2.45) is 0 Å². The second kappa shape index (κ2) is 5.01. The average Bonchev–Trinajstić information content (AvgIpc) is 2.28. The van der Waals surface area contributed by atoms with Crippen LogP contribution in [-0.4, -0.2) is 42.4 Å². The predicted molar refractivity (Wildman–Crippen MR) is 60.1 cm³/mol. The zero-order chi connectivity index (χ0) is 12.3. The van der Waals surface area contributed by atoms with Gasteiger partial charge in [0.1, 0.15) is 0 Å². The van der Waals surface area contributed by atoms with E-state index in [1.165, 1.54) is 19.2 Å². The molecule has 2 heterocycles. The second-order valence-corrected chi connectivity index (χ2v) is 3.72. The number of rotatable bonds is 4. The molecule has 1 aromatic heterocycles. The first-order valence-electron chi connectivity index (χ1n) is 5.34. The molecule has 1 aliphatic heterocycles. The van der Waals surface area contributed by atoms with E-state index in [4.69, 9.17) is 4.74 Å². The molecule has 92 valence electrons. The van der Waals surface area contributed by atoms with Crippen LogP contribution in [0.3, 0.4) is 0 Å². The molecule has 17 heavy (non-hydrogen) atoms. The fourth-order valence-electron chi connectivity index (χ4n) is 1.46. The Balaban J connectivity index is 2.05. The summed E-state index contributed by atoms with van der Waals surface area (Å²) < 4.78 is 9.78. The number of nitrogens with one attached hydrogen (secondary N) is 1. The first-order chi connectivity index (χ1) is 8.20. The fourth-order valence-corrected chi connectivity index (χ4v) is 1.46. The van der Waals surface area contributed by atoms with E-state index in [9.17, 15) is 9.90 Å². The minimum absolute atomic E-state index is 0.00280. The molecule has 2 N–H and O–H groups in total. The van der Waals surface area contributed by atoms with Crippen LogP contribution in [0.2, 0.25) is 0 Å². The lowest BCUT2D eigenvalue weighted by Gasteiger charge is -2.26. The highest BCUT2D eigenvalue weighted by atomic mass is 16.5. The zero-order valence-corrected chi connectivity index (χ0v) is 9.47. The van der Waals surface area contributed by atoms with Gasteiger partial charge in [-0.2, -0.15) is 0 Å². The zero-order valence-electron chi connectivity index (χ0n) is 9.47. The Hall–Kier alpha value is -1.82. The Morgan fingerprint density at radius 2 is 2.47 bits per heavy atom. The molecule has 0 amide bonds. The summed E-state index contributed by atoms with van der Waals surface area (Å²) in [5, 5.41) is 12.5. The highest BCUT2D eigenvalue weighted by Gasteiger charge is 2.19. The fraction of sp³-hybridized carbons (Fsp3) is 0.455. The minimum Gasteiger partial charge on any atom is -0.504 e. The Morgan fingerprint density at radius 3 is 3.06 bits per heavy atom. The minimum atomic E-state index is -0.534. The number of carbonyl (C=O) groups is 1. The van der Waals surface area contributed by atoms with Gasteiger partial charge >= 0.3 is 5.97 Å². The summed E-state index contributed by atoms with van der Waals surface area (Å²) in [5.41, 5.74) is 0.155. The molecule has 1 aromatic rings. The number of nitrogens with zero attached hydrogens (tertiary/aromatic N) is 1. The number of carbonyl (C=O) groups excluding carboxylic acids is 1. The number of hydrogen-bond acceptors (Lipinski definition) is 6. The number of anilines is 1. The third-order valence-corrected chi connectivity index (χ3v) is 2.56. The molecule has 0 radical (unpaired) electrons. The smallest absolute Gasteiger partial charge is 0.356 e. The highest BCUT2D eigenvalue weighted by Crippen LogP contribution is 2.21. The third-order valence-electron chi connectivity index (χ3n) is 2.56. The Morgan fingerprint density at radius 1 is 1.71 bits per heavy atom. The molecule has 2 rings (SSSR count). The summed E-state index contributed by atoms with van der Waals surface area (Å²) in [5.74, 6) is -0.270. The van der Waals surface area contributed by atoms with Gasteiger partial charge in [-0.05, 0) is 18.6 Å². The lowest BCUT2D eigenvalue weighted by molar-refractivity contribution is -0.0411. The van der Waals surface area contributed by atoms with Crippen LogP contribution in [-0.2, 0) is 9.47 Å². The van der Waals surface area contributed by atoms with Gasteiger partial charge in [-0.25, -0.2) is 9.78 Å². The lowest BCUT2D eigenvalue weighted by atomic mass is 10.2. The normalized spacial score (nSPS) is 18.3. The van der Waals surface area contributed by atoms with E-state index in [1.807, 2.05) is 0 Å². The average molecular weight is 238 g/mol.